The van der Waals surface area contributed by atoms with E-state index in [9.17, 15) is 4.79 Å². The Hall–Kier alpha value is -0.610. The first-order chi connectivity index (χ1) is 6.15. The van der Waals surface area contributed by atoms with Crippen LogP contribution in [0, 0.1) is 5.92 Å². The molecular formula is C9H18N2O2. The lowest BCUT2D eigenvalue weighted by Gasteiger charge is -2.19. The minimum Gasteiger partial charge on any atom is -0.384 e. The summed E-state index contributed by atoms with van der Waals surface area (Å²) in [5.41, 5.74) is 0. The van der Waals surface area contributed by atoms with Crippen LogP contribution in [0.15, 0.2) is 0 Å². The van der Waals surface area contributed by atoms with Crippen LogP contribution in [-0.2, 0) is 9.53 Å². The summed E-state index contributed by atoms with van der Waals surface area (Å²) in [6.07, 6.45) is 0. The van der Waals surface area contributed by atoms with Crippen LogP contribution in [0.1, 0.15) is 13.8 Å². The molecule has 0 aliphatic carbocycles. The third-order valence-corrected chi connectivity index (χ3v) is 2.25. The highest BCUT2D eigenvalue weighted by Crippen LogP contribution is 2.06. The van der Waals surface area contributed by atoms with E-state index in [4.69, 9.17) is 4.74 Å². The van der Waals surface area contributed by atoms with Crippen molar-refractivity contribution in [3.63, 3.8) is 0 Å². The molecule has 0 saturated carbocycles. The molecular weight excluding hydrogens is 168 g/mol. The van der Waals surface area contributed by atoms with Gasteiger partial charge in [0, 0.05) is 13.7 Å². The SMILES string of the molecule is COCC(C)CN1CNC(C)C1=O. The van der Waals surface area contributed by atoms with Gasteiger partial charge >= 0.3 is 0 Å². The summed E-state index contributed by atoms with van der Waals surface area (Å²) in [7, 11) is 1.68. The minimum atomic E-state index is -0.0188. The van der Waals surface area contributed by atoms with Crippen LogP contribution < -0.4 is 5.32 Å². The number of nitrogens with one attached hydrogen (secondary N) is 1. The van der Waals surface area contributed by atoms with Crippen LogP contribution >= 0.6 is 0 Å². The fraction of sp³-hybridized carbons (Fsp3) is 0.889. The molecule has 76 valence electrons. The highest BCUT2D eigenvalue weighted by molar-refractivity contribution is 5.83. The molecule has 1 fully saturated rings. The third kappa shape index (κ3) is 2.67. The zero-order chi connectivity index (χ0) is 9.84. The van der Waals surface area contributed by atoms with Gasteiger partial charge in [-0.3, -0.25) is 10.1 Å². The van der Waals surface area contributed by atoms with Crippen LogP contribution in [0.5, 0.6) is 0 Å². The zero-order valence-corrected chi connectivity index (χ0v) is 8.54. The van der Waals surface area contributed by atoms with E-state index in [2.05, 4.69) is 12.2 Å². The molecule has 2 atom stereocenters. The van der Waals surface area contributed by atoms with Gasteiger partial charge in [0.1, 0.15) is 0 Å². The highest BCUT2D eigenvalue weighted by atomic mass is 16.5. The Labute approximate surface area is 79.2 Å². The molecule has 13 heavy (non-hydrogen) atoms. The van der Waals surface area contributed by atoms with Crippen molar-refractivity contribution in [2.24, 2.45) is 5.92 Å². The van der Waals surface area contributed by atoms with E-state index >= 15 is 0 Å². The van der Waals surface area contributed by atoms with E-state index in [1.807, 2.05) is 11.8 Å². The van der Waals surface area contributed by atoms with Gasteiger partial charge in [-0.25, -0.2) is 0 Å². The van der Waals surface area contributed by atoms with Crippen molar-refractivity contribution in [3.8, 4) is 0 Å². The summed E-state index contributed by atoms with van der Waals surface area (Å²) in [6.45, 7) is 6.14. The summed E-state index contributed by atoms with van der Waals surface area (Å²) in [6, 6.07) is -0.0188. The van der Waals surface area contributed by atoms with Crippen LogP contribution in [0.25, 0.3) is 0 Å². The average Bonchev–Trinajstić information content (AvgIpc) is 2.37. The largest absolute Gasteiger partial charge is 0.384 e. The summed E-state index contributed by atoms with van der Waals surface area (Å²) in [5.74, 6) is 0.601. The van der Waals surface area contributed by atoms with Gasteiger partial charge in [-0.05, 0) is 12.8 Å². The maximum absolute atomic E-state index is 11.5. The monoisotopic (exact) mass is 186 g/mol. The van der Waals surface area contributed by atoms with Gasteiger partial charge in [0.05, 0.1) is 19.3 Å². The molecule has 0 aromatic carbocycles. The first-order valence-electron chi connectivity index (χ1n) is 4.66. The predicted molar refractivity (Wildman–Crippen MR) is 50.2 cm³/mol. The number of nitrogens with zero attached hydrogens (tertiary/aromatic N) is 1. The summed E-state index contributed by atoms with van der Waals surface area (Å²) in [4.78, 5) is 13.3. The number of hydrogen-bond donors (Lipinski definition) is 1. The van der Waals surface area contributed by atoms with Crippen molar-refractivity contribution in [2.45, 2.75) is 19.9 Å². The lowest BCUT2D eigenvalue weighted by Crippen LogP contribution is -2.33. The van der Waals surface area contributed by atoms with E-state index in [0.717, 1.165) is 6.54 Å². The Morgan fingerprint density at radius 2 is 2.46 bits per heavy atom. The molecule has 1 N–H and O–H groups in total. The number of rotatable bonds is 4. The summed E-state index contributed by atoms with van der Waals surface area (Å²) >= 11 is 0. The molecule has 1 rings (SSSR count). The average molecular weight is 186 g/mol. The standard InChI is InChI=1S/C9H18N2O2/c1-7(5-13-3)4-11-6-10-8(2)9(11)12/h7-8,10H,4-6H2,1-3H3. The van der Waals surface area contributed by atoms with Gasteiger partial charge in [-0.2, -0.15) is 0 Å². The van der Waals surface area contributed by atoms with E-state index in [0.29, 0.717) is 19.2 Å². The molecule has 1 heterocycles. The molecule has 0 bridgehead atoms. The van der Waals surface area contributed by atoms with E-state index in [-0.39, 0.29) is 11.9 Å². The number of ether oxygens (including phenoxy) is 1. The number of amides is 1. The molecule has 0 radical (unpaired) electrons. The second-order valence-electron chi connectivity index (χ2n) is 3.71. The molecule has 4 heteroatoms. The maximum Gasteiger partial charge on any atom is 0.240 e. The maximum atomic E-state index is 11.5. The fourth-order valence-corrected chi connectivity index (χ4v) is 1.55. The summed E-state index contributed by atoms with van der Waals surface area (Å²) in [5, 5.41) is 3.10. The van der Waals surface area contributed by atoms with Crippen molar-refractivity contribution in [1.82, 2.24) is 10.2 Å². The lowest BCUT2D eigenvalue weighted by atomic mass is 10.2. The Morgan fingerprint density at radius 3 is 2.92 bits per heavy atom. The lowest BCUT2D eigenvalue weighted by molar-refractivity contribution is -0.129. The quantitative estimate of drug-likeness (QED) is 0.674. The Balaban J connectivity index is 2.33. The van der Waals surface area contributed by atoms with Crippen molar-refractivity contribution in [1.29, 1.82) is 0 Å². The van der Waals surface area contributed by atoms with Crippen molar-refractivity contribution >= 4 is 5.91 Å². The van der Waals surface area contributed by atoms with Gasteiger partial charge in [0.25, 0.3) is 0 Å². The summed E-state index contributed by atoms with van der Waals surface area (Å²) < 4.78 is 5.02. The Morgan fingerprint density at radius 1 is 1.77 bits per heavy atom. The van der Waals surface area contributed by atoms with Gasteiger partial charge in [-0.15, -0.1) is 0 Å². The molecule has 1 aliphatic heterocycles. The Kier molecular flexibility index (Phi) is 3.69. The van der Waals surface area contributed by atoms with Gasteiger partial charge in [-0.1, -0.05) is 6.92 Å². The minimum absolute atomic E-state index is 0.0188. The Bertz CT molecular complexity index is 184. The second kappa shape index (κ2) is 4.58. The van der Waals surface area contributed by atoms with Gasteiger partial charge < -0.3 is 9.64 Å². The number of carbonyl (C=O) groups excluding carboxylic acids is 1. The number of hydrogen-bond acceptors (Lipinski definition) is 3. The molecule has 0 aromatic rings. The molecule has 1 saturated heterocycles. The fourth-order valence-electron chi connectivity index (χ4n) is 1.55. The second-order valence-corrected chi connectivity index (χ2v) is 3.71. The predicted octanol–water partition coefficient (Wildman–Crippen LogP) is 0.0467. The van der Waals surface area contributed by atoms with E-state index < -0.39 is 0 Å². The van der Waals surface area contributed by atoms with Crippen LogP contribution in [0.3, 0.4) is 0 Å². The van der Waals surface area contributed by atoms with Crippen molar-refractivity contribution < 1.29 is 9.53 Å². The smallest absolute Gasteiger partial charge is 0.240 e. The molecule has 0 spiro atoms. The molecule has 4 nitrogen and oxygen atoms in total. The highest BCUT2D eigenvalue weighted by Gasteiger charge is 2.27. The third-order valence-electron chi connectivity index (χ3n) is 2.25. The van der Waals surface area contributed by atoms with E-state index in [1.165, 1.54) is 0 Å². The molecule has 1 amide bonds. The van der Waals surface area contributed by atoms with Crippen LogP contribution in [0.4, 0.5) is 0 Å². The van der Waals surface area contributed by atoms with Gasteiger partial charge in [0.2, 0.25) is 5.91 Å². The number of carbonyl (C=O) groups is 1. The topological polar surface area (TPSA) is 41.6 Å². The van der Waals surface area contributed by atoms with Crippen LogP contribution in [0.2, 0.25) is 0 Å². The van der Waals surface area contributed by atoms with Gasteiger partial charge in [0.15, 0.2) is 0 Å². The van der Waals surface area contributed by atoms with Crippen molar-refractivity contribution in [3.05, 3.63) is 0 Å². The van der Waals surface area contributed by atoms with Crippen LogP contribution in [-0.4, -0.2) is 43.8 Å². The first-order valence-corrected chi connectivity index (χ1v) is 4.66. The normalized spacial score (nSPS) is 25.3. The number of methoxy groups -OCH3 is 1. The molecule has 1 aliphatic rings. The van der Waals surface area contributed by atoms with E-state index in [1.54, 1.807) is 7.11 Å². The molecule has 0 aromatic heterocycles. The van der Waals surface area contributed by atoms with Crippen molar-refractivity contribution in [2.75, 3.05) is 26.9 Å². The first kappa shape index (κ1) is 10.5. The zero-order valence-electron chi connectivity index (χ0n) is 8.54. The molecule has 2 unspecified atom stereocenters.